The number of hydrogen-bond donors (Lipinski definition) is 1. The van der Waals surface area contributed by atoms with Crippen LogP contribution in [-0.2, 0) is 24.6 Å². The van der Waals surface area contributed by atoms with E-state index in [1.165, 1.54) is 38.5 Å². The van der Waals surface area contributed by atoms with E-state index in [0.29, 0.717) is 49.1 Å². The predicted molar refractivity (Wildman–Crippen MR) is 217 cm³/mol. The lowest BCUT2D eigenvalue weighted by atomic mass is 10.1. The molecule has 5 aromatic rings. The number of aliphatic hydroxyl groups is 1. The topological polar surface area (TPSA) is 74.2 Å². The van der Waals surface area contributed by atoms with Crippen LogP contribution in [0.4, 0.5) is 0 Å². The van der Waals surface area contributed by atoms with Gasteiger partial charge in [-0.3, -0.25) is 4.79 Å². The van der Waals surface area contributed by atoms with Crippen molar-refractivity contribution in [1.29, 1.82) is 0 Å². The van der Waals surface area contributed by atoms with Crippen molar-refractivity contribution in [2.75, 3.05) is 0 Å². The van der Waals surface area contributed by atoms with E-state index in [0.717, 1.165) is 41.5 Å². The molecule has 5 rings (SSSR count). The van der Waals surface area contributed by atoms with Gasteiger partial charge in [0.2, 0.25) is 0 Å². The van der Waals surface area contributed by atoms with Gasteiger partial charge in [-0.1, -0.05) is 161 Å². The molecule has 0 saturated carbocycles. The molecule has 0 fully saturated rings. The molecule has 0 aliphatic heterocycles. The van der Waals surface area contributed by atoms with Crippen molar-refractivity contribution in [2.45, 2.75) is 97.1 Å². The van der Waals surface area contributed by atoms with E-state index in [1.807, 2.05) is 115 Å². The zero-order valence-corrected chi connectivity index (χ0v) is 31.5. The summed E-state index contributed by atoms with van der Waals surface area (Å²) < 4.78 is 24.4. The zero-order chi connectivity index (χ0) is 37.6. The average molecular weight is 727 g/mol. The first kappa shape index (κ1) is 39.9. The molecule has 0 saturated heterocycles. The summed E-state index contributed by atoms with van der Waals surface area (Å²) in [6.07, 6.45) is 13.2. The van der Waals surface area contributed by atoms with Gasteiger partial charge in [-0.15, -0.1) is 0 Å². The Balaban J connectivity index is 1.28. The van der Waals surface area contributed by atoms with E-state index in [9.17, 15) is 9.90 Å². The number of aliphatic hydroxyl groups excluding tert-OH is 1. The van der Waals surface area contributed by atoms with Crippen LogP contribution in [0.3, 0.4) is 0 Å². The van der Waals surface area contributed by atoms with Gasteiger partial charge in [-0.05, 0) is 47.4 Å². The molecule has 1 atom stereocenters. The van der Waals surface area contributed by atoms with Gasteiger partial charge >= 0.3 is 5.97 Å². The minimum Gasteiger partial charge on any atom is -0.489 e. The first-order chi connectivity index (χ1) is 26.6. The molecule has 282 valence electrons. The largest absolute Gasteiger partial charge is 0.489 e. The Morgan fingerprint density at radius 1 is 0.574 bits per heavy atom. The van der Waals surface area contributed by atoms with Gasteiger partial charge < -0.3 is 24.1 Å². The fourth-order valence-corrected chi connectivity index (χ4v) is 6.07. The highest BCUT2D eigenvalue weighted by molar-refractivity contribution is 5.73. The van der Waals surface area contributed by atoms with Crippen LogP contribution in [0.2, 0.25) is 0 Å². The predicted octanol–water partition coefficient (Wildman–Crippen LogP) is 12.0. The van der Waals surface area contributed by atoms with Gasteiger partial charge in [0, 0.05) is 29.7 Å². The summed E-state index contributed by atoms with van der Waals surface area (Å²) in [5, 5.41) is 11.5. The molecular formula is C48H54O6. The van der Waals surface area contributed by atoms with Crippen LogP contribution in [0.15, 0.2) is 133 Å². The van der Waals surface area contributed by atoms with Crippen molar-refractivity contribution in [3.8, 4) is 23.0 Å². The Hall–Kier alpha value is -5.33. The average Bonchev–Trinajstić information content (AvgIpc) is 3.21. The van der Waals surface area contributed by atoms with E-state index in [4.69, 9.17) is 18.9 Å². The number of carbonyl (C=O) groups excluding carboxylic acids is 1. The molecule has 0 aromatic heterocycles. The molecular weight excluding hydrogens is 673 g/mol. The van der Waals surface area contributed by atoms with Crippen LogP contribution in [0, 0.1) is 0 Å². The third-order valence-electron chi connectivity index (χ3n) is 9.19. The van der Waals surface area contributed by atoms with E-state index in [-0.39, 0.29) is 11.7 Å². The molecule has 0 heterocycles. The lowest BCUT2D eigenvalue weighted by Gasteiger charge is -2.16. The third kappa shape index (κ3) is 13.9. The van der Waals surface area contributed by atoms with Crippen molar-refractivity contribution in [3.63, 3.8) is 0 Å². The molecule has 5 aromatic carbocycles. The van der Waals surface area contributed by atoms with E-state index in [1.54, 1.807) is 24.3 Å². The number of ether oxygens (including phenoxy) is 4. The van der Waals surface area contributed by atoms with E-state index >= 15 is 0 Å². The van der Waals surface area contributed by atoms with Crippen LogP contribution >= 0.6 is 0 Å². The molecule has 0 bridgehead atoms. The van der Waals surface area contributed by atoms with Crippen molar-refractivity contribution >= 4 is 12.0 Å². The molecule has 1 unspecified atom stereocenters. The summed E-state index contributed by atoms with van der Waals surface area (Å²) in [6, 6.07) is 40.8. The molecule has 0 aliphatic carbocycles. The second kappa shape index (κ2) is 22.7. The number of hydrogen-bond acceptors (Lipinski definition) is 6. The fraction of sp³-hybridized carbons (Fsp3) is 0.312. The minimum atomic E-state index is -1.07. The molecule has 6 nitrogen and oxygen atoms in total. The molecule has 54 heavy (non-hydrogen) atoms. The number of esters is 1. The SMILES string of the molecule is CCCCCCCCCCCC(=O)Oc1cc(OCc2ccccc2)ccc1C(O)C=Cc1ccc(OCc2ccccc2)cc1OCc1ccccc1. The summed E-state index contributed by atoms with van der Waals surface area (Å²) >= 11 is 0. The molecule has 1 N–H and O–H groups in total. The highest BCUT2D eigenvalue weighted by Crippen LogP contribution is 2.33. The summed E-state index contributed by atoms with van der Waals surface area (Å²) in [4.78, 5) is 13.1. The van der Waals surface area contributed by atoms with E-state index in [2.05, 4.69) is 6.92 Å². The van der Waals surface area contributed by atoms with Crippen molar-refractivity contribution < 1.29 is 28.8 Å². The molecule has 0 radical (unpaired) electrons. The highest BCUT2D eigenvalue weighted by Gasteiger charge is 2.17. The third-order valence-corrected chi connectivity index (χ3v) is 9.19. The van der Waals surface area contributed by atoms with Gasteiger partial charge in [-0.2, -0.15) is 0 Å². The Morgan fingerprint density at radius 3 is 1.61 bits per heavy atom. The summed E-state index contributed by atoms with van der Waals surface area (Å²) in [5.74, 6) is 1.80. The quantitative estimate of drug-likeness (QED) is 0.0410. The van der Waals surface area contributed by atoms with Gasteiger partial charge in [0.25, 0.3) is 0 Å². The molecule has 0 spiro atoms. The maximum Gasteiger partial charge on any atom is 0.311 e. The molecule has 0 amide bonds. The summed E-state index contributed by atoms with van der Waals surface area (Å²) in [5.41, 5.74) is 4.36. The Bertz CT molecular complexity index is 1840. The van der Waals surface area contributed by atoms with E-state index < -0.39 is 6.10 Å². The first-order valence-corrected chi connectivity index (χ1v) is 19.4. The second-order valence-corrected chi connectivity index (χ2v) is 13.6. The van der Waals surface area contributed by atoms with Crippen LogP contribution in [0.1, 0.15) is 105 Å². The zero-order valence-electron chi connectivity index (χ0n) is 31.5. The van der Waals surface area contributed by atoms with Crippen molar-refractivity contribution in [1.82, 2.24) is 0 Å². The summed E-state index contributed by atoms with van der Waals surface area (Å²) in [7, 11) is 0. The minimum absolute atomic E-state index is 0.281. The normalized spacial score (nSPS) is 11.7. The van der Waals surface area contributed by atoms with Crippen LogP contribution in [0.5, 0.6) is 23.0 Å². The number of carbonyl (C=O) groups is 1. The summed E-state index contributed by atoms with van der Waals surface area (Å²) in [6.45, 7) is 3.40. The maximum atomic E-state index is 13.1. The lowest BCUT2D eigenvalue weighted by Crippen LogP contribution is -2.10. The molecule has 6 heteroatoms. The van der Waals surface area contributed by atoms with Gasteiger partial charge in [0.1, 0.15) is 48.9 Å². The second-order valence-electron chi connectivity index (χ2n) is 13.6. The standard InChI is InChI=1S/C48H54O6/c1-2-3-4-5-6-7-8-9-19-26-48(50)54-47-34-43(52-36-39-22-15-11-16-23-39)30-31-44(47)45(49)32-28-41-27-29-42(51-35-38-20-13-10-14-21-38)33-46(41)53-37-40-24-17-12-18-25-40/h10-18,20-25,27-34,45,49H,2-9,19,26,35-37H2,1H3. The maximum absolute atomic E-state index is 13.1. The Kier molecular flexibility index (Phi) is 16.7. The highest BCUT2D eigenvalue weighted by atomic mass is 16.5. The smallest absolute Gasteiger partial charge is 0.311 e. The Morgan fingerprint density at radius 2 is 1.06 bits per heavy atom. The van der Waals surface area contributed by atoms with Crippen molar-refractivity contribution in [3.05, 3.63) is 161 Å². The lowest BCUT2D eigenvalue weighted by molar-refractivity contribution is -0.134. The van der Waals surface area contributed by atoms with Crippen molar-refractivity contribution in [2.24, 2.45) is 0 Å². The van der Waals surface area contributed by atoms with Gasteiger partial charge in [0.05, 0.1) is 0 Å². The molecule has 0 aliphatic rings. The number of rotatable bonds is 23. The first-order valence-electron chi connectivity index (χ1n) is 19.4. The van der Waals surface area contributed by atoms with Crippen LogP contribution in [0.25, 0.3) is 6.08 Å². The van der Waals surface area contributed by atoms with Crippen LogP contribution in [-0.4, -0.2) is 11.1 Å². The number of benzene rings is 5. The van der Waals surface area contributed by atoms with Crippen LogP contribution < -0.4 is 18.9 Å². The van der Waals surface area contributed by atoms with Gasteiger partial charge in [0.15, 0.2) is 0 Å². The van der Waals surface area contributed by atoms with Gasteiger partial charge in [-0.25, -0.2) is 0 Å². The monoisotopic (exact) mass is 726 g/mol. The number of unbranched alkanes of at least 4 members (excludes halogenated alkanes) is 8. The fourth-order valence-electron chi connectivity index (χ4n) is 6.07. The Labute approximate surface area is 321 Å².